The van der Waals surface area contributed by atoms with Crippen LogP contribution in [0.25, 0.3) is 49.7 Å². The van der Waals surface area contributed by atoms with E-state index >= 15 is 0 Å². The van der Waals surface area contributed by atoms with Crippen molar-refractivity contribution in [2.24, 2.45) is 0 Å². The Morgan fingerprint density at radius 3 is 1.73 bits per heavy atom. The first-order chi connectivity index (χ1) is 22.3. The molecule has 0 fully saturated rings. The Morgan fingerprint density at radius 2 is 1.00 bits per heavy atom. The summed E-state index contributed by atoms with van der Waals surface area (Å²) in [5.41, 5.74) is 16.7. The highest BCUT2D eigenvalue weighted by Gasteiger charge is 2.46. The predicted molar refractivity (Wildman–Crippen MR) is 186 cm³/mol. The molecule has 0 aliphatic heterocycles. The maximum atomic E-state index is 2.50. The second kappa shape index (κ2) is 9.17. The van der Waals surface area contributed by atoms with Crippen molar-refractivity contribution in [2.75, 3.05) is 0 Å². The number of benzene rings is 7. The fourth-order valence-electron chi connectivity index (χ4n) is 8.45. The summed E-state index contributed by atoms with van der Waals surface area (Å²) in [7, 11) is 0. The summed E-state index contributed by atoms with van der Waals surface area (Å²) in [6.45, 7) is 0. The SMILES string of the molecule is c1ccc(-n2c3ccc(C4(c5ccccc5)c5ccccc5-c5ccccc54)cc3c3cc4c(cc32)Cc2ccccc2-4)cc1. The van der Waals surface area contributed by atoms with Gasteiger partial charge in [0.1, 0.15) is 0 Å². The maximum absolute atomic E-state index is 2.50. The molecule has 0 N–H and O–H groups in total. The van der Waals surface area contributed by atoms with Crippen molar-refractivity contribution in [3.8, 4) is 27.9 Å². The molecule has 8 aromatic rings. The number of aromatic nitrogens is 1. The van der Waals surface area contributed by atoms with Gasteiger partial charge in [-0.1, -0.05) is 127 Å². The molecule has 2 aliphatic carbocycles. The zero-order chi connectivity index (χ0) is 29.5. The third kappa shape index (κ3) is 3.27. The van der Waals surface area contributed by atoms with Crippen LogP contribution in [0.2, 0.25) is 0 Å². The third-order valence-electron chi connectivity index (χ3n) is 10.3. The molecule has 45 heavy (non-hydrogen) atoms. The van der Waals surface area contributed by atoms with Gasteiger partial charge in [0.15, 0.2) is 0 Å². The summed E-state index contributed by atoms with van der Waals surface area (Å²) in [6, 6.07) is 61.0. The van der Waals surface area contributed by atoms with E-state index in [1.165, 1.54) is 83.1 Å². The summed E-state index contributed by atoms with van der Waals surface area (Å²) in [4.78, 5) is 0. The highest BCUT2D eigenvalue weighted by molar-refractivity contribution is 6.12. The van der Waals surface area contributed by atoms with Gasteiger partial charge in [0.05, 0.1) is 16.4 Å². The molecule has 0 amide bonds. The highest BCUT2D eigenvalue weighted by Crippen LogP contribution is 2.56. The van der Waals surface area contributed by atoms with Crippen LogP contribution < -0.4 is 0 Å². The number of hydrogen-bond acceptors (Lipinski definition) is 0. The smallest absolute Gasteiger partial charge is 0.0713 e. The average molecular weight is 572 g/mol. The number of rotatable bonds is 3. The van der Waals surface area contributed by atoms with E-state index in [1.807, 2.05) is 0 Å². The van der Waals surface area contributed by atoms with Crippen molar-refractivity contribution in [2.45, 2.75) is 11.8 Å². The van der Waals surface area contributed by atoms with Crippen LogP contribution in [0.15, 0.2) is 164 Å². The van der Waals surface area contributed by atoms with Gasteiger partial charge in [-0.2, -0.15) is 0 Å². The van der Waals surface area contributed by atoms with E-state index in [4.69, 9.17) is 0 Å². The fourth-order valence-corrected chi connectivity index (χ4v) is 8.45. The van der Waals surface area contributed by atoms with Gasteiger partial charge in [0, 0.05) is 16.5 Å². The van der Waals surface area contributed by atoms with Crippen molar-refractivity contribution < 1.29 is 0 Å². The molecule has 1 heterocycles. The molecule has 0 spiro atoms. The molecule has 1 heteroatoms. The Bertz CT molecular complexity index is 2400. The molecule has 0 saturated heterocycles. The third-order valence-corrected chi connectivity index (χ3v) is 10.3. The first-order valence-electron chi connectivity index (χ1n) is 15.8. The summed E-state index contributed by atoms with van der Waals surface area (Å²) in [5, 5.41) is 2.59. The largest absolute Gasteiger partial charge is 0.309 e. The molecule has 0 bridgehead atoms. The Balaban J connectivity index is 1.34. The van der Waals surface area contributed by atoms with E-state index < -0.39 is 5.41 Å². The lowest BCUT2D eigenvalue weighted by Gasteiger charge is -2.34. The van der Waals surface area contributed by atoms with Crippen LogP contribution in [-0.2, 0) is 11.8 Å². The highest BCUT2D eigenvalue weighted by atomic mass is 15.0. The van der Waals surface area contributed by atoms with Gasteiger partial charge >= 0.3 is 0 Å². The summed E-state index contributed by atoms with van der Waals surface area (Å²) >= 11 is 0. The maximum Gasteiger partial charge on any atom is 0.0713 e. The molecule has 0 radical (unpaired) electrons. The van der Waals surface area contributed by atoms with Crippen LogP contribution >= 0.6 is 0 Å². The molecule has 0 unspecified atom stereocenters. The number of nitrogens with zero attached hydrogens (tertiary/aromatic N) is 1. The molecule has 0 atom stereocenters. The van der Waals surface area contributed by atoms with Gasteiger partial charge < -0.3 is 4.57 Å². The quantitative estimate of drug-likeness (QED) is 0.199. The molecular weight excluding hydrogens is 542 g/mol. The Morgan fingerprint density at radius 1 is 0.400 bits per heavy atom. The molecule has 7 aromatic carbocycles. The predicted octanol–water partition coefficient (Wildman–Crippen LogP) is 10.7. The fraction of sp³-hybridized carbons (Fsp3) is 0.0455. The second-order valence-corrected chi connectivity index (χ2v) is 12.5. The van der Waals surface area contributed by atoms with Crippen molar-refractivity contribution in [3.63, 3.8) is 0 Å². The average Bonchev–Trinajstić information content (AvgIpc) is 3.74. The normalized spacial score (nSPS) is 13.9. The van der Waals surface area contributed by atoms with Crippen LogP contribution in [-0.4, -0.2) is 4.57 Å². The molecule has 2 aliphatic rings. The van der Waals surface area contributed by atoms with Gasteiger partial charge in [-0.25, -0.2) is 0 Å². The topological polar surface area (TPSA) is 4.93 Å². The van der Waals surface area contributed by atoms with Gasteiger partial charge in [-0.15, -0.1) is 0 Å². The van der Waals surface area contributed by atoms with Crippen molar-refractivity contribution in [1.82, 2.24) is 4.57 Å². The van der Waals surface area contributed by atoms with E-state index in [2.05, 4.69) is 168 Å². The number of para-hydroxylation sites is 1. The van der Waals surface area contributed by atoms with Gasteiger partial charge in [-0.05, 0) is 98.5 Å². The Labute approximate surface area is 262 Å². The molecule has 10 rings (SSSR count). The molecule has 210 valence electrons. The van der Waals surface area contributed by atoms with Crippen LogP contribution in [0, 0.1) is 0 Å². The van der Waals surface area contributed by atoms with Crippen LogP contribution in [0.3, 0.4) is 0 Å². The van der Waals surface area contributed by atoms with E-state index in [1.54, 1.807) is 0 Å². The monoisotopic (exact) mass is 571 g/mol. The zero-order valence-corrected chi connectivity index (χ0v) is 24.7. The minimum absolute atomic E-state index is 0.423. The summed E-state index contributed by atoms with van der Waals surface area (Å²) < 4.78 is 2.46. The van der Waals surface area contributed by atoms with Crippen molar-refractivity contribution in [3.05, 3.63) is 197 Å². The van der Waals surface area contributed by atoms with Gasteiger partial charge in [-0.3, -0.25) is 0 Å². The minimum atomic E-state index is -0.423. The van der Waals surface area contributed by atoms with Crippen molar-refractivity contribution >= 4 is 21.8 Å². The molecule has 1 nitrogen and oxygen atoms in total. The first-order valence-corrected chi connectivity index (χ1v) is 15.8. The lowest BCUT2D eigenvalue weighted by molar-refractivity contribution is 0.770. The number of hydrogen-bond donors (Lipinski definition) is 0. The zero-order valence-electron chi connectivity index (χ0n) is 24.7. The Hall–Kier alpha value is -5.66. The van der Waals surface area contributed by atoms with Gasteiger partial charge in [0.25, 0.3) is 0 Å². The summed E-state index contributed by atoms with van der Waals surface area (Å²) in [6.07, 6.45) is 0.980. The van der Waals surface area contributed by atoms with E-state index in [9.17, 15) is 0 Å². The number of fused-ring (bicyclic) bond motifs is 9. The van der Waals surface area contributed by atoms with Crippen LogP contribution in [0.4, 0.5) is 0 Å². The summed E-state index contributed by atoms with van der Waals surface area (Å²) in [5.74, 6) is 0. The van der Waals surface area contributed by atoms with E-state index in [-0.39, 0.29) is 0 Å². The first kappa shape index (κ1) is 24.7. The second-order valence-electron chi connectivity index (χ2n) is 12.5. The van der Waals surface area contributed by atoms with Crippen LogP contribution in [0.1, 0.15) is 33.4 Å². The lowest BCUT2D eigenvalue weighted by atomic mass is 9.67. The Kier molecular flexibility index (Phi) is 5.04. The van der Waals surface area contributed by atoms with E-state index in [0.717, 1.165) is 6.42 Å². The standard InChI is InChI=1S/C44H29N/c1-3-14-31(15-4-1)44(40-21-11-9-19-35(40)36-20-10-12-22-41(36)44)32-23-24-42-38(27-32)39-28-37-30(25-29-13-7-8-18-34(29)37)26-43(39)45(42)33-16-5-2-6-17-33/h1-24,26-28H,25H2. The van der Waals surface area contributed by atoms with Crippen molar-refractivity contribution in [1.29, 1.82) is 0 Å². The lowest BCUT2D eigenvalue weighted by Crippen LogP contribution is -2.28. The van der Waals surface area contributed by atoms with Crippen LogP contribution in [0.5, 0.6) is 0 Å². The van der Waals surface area contributed by atoms with Gasteiger partial charge in [0.2, 0.25) is 0 Å². The molecular formula is C44H29N. The van der Waals surface area contributed by atoms with E-state index in [0.29, 0.717) is 0 Å². The minimum Gasteiger partial charge on any atom is -0.309 e. The molecule has 0 saturated carbocycles. The molecule has 1 aromatic heterocycles.